The summed E-state index contributed by atoms with van der Waals surface area (Å²) in [6.45, 7) is 4.00. The minimum Gasteiger partial charge on any atom is -0.376 e. The van der Waals surface area contributed by atoms with Crippen LogP contribution in [0.4, 0.5) is 5.69 Å². The largest absolute Gasteiger partial charge is 0.376 e. The van der Waals surface area contributed by atoms with Gasteiger partial charge in [-0.3, -0.25) is 19.0 Å². The Morgan fingerprint density at radius 1 is 1.05 bits per heavy atom. The summed E-state index contributed by atoms with van der Waals surface area (Å²) in [6.07, 6.45) is 6.51. The van der Waals surface area contributed by atoms with E-state index in [-0.39, 0.29) is 41.1 Å². The first-order chi connectivity index (χ1) is 19.5. The maximum Gasteiger partial charge on any atom is 0.262 e. The van der Waals surface area contributed by atoms with Gasteiger partial charge in [-0.1, -0.05) is 43.0 Å². The van der Waals surface area contributed by atoms with Gasteiger partial charge in [0.05, 0.1) is 22.8 Å². The van der Waals surface area contributed by atoms with E-state index in [2.05, 4.69) is 17.6 Å². The Hall–Kier alpha value is -3.17. The van der Waals surface area contributed by atoms with Crippen LogP contribution in [-0.4, -0.2) is 46.4 Å². The van der Waals surface area contributed by atoms with Gasteiger partial charge in [-0.25, -0.2) is 4.98 Å². The number of nitrogens with zero attached hydrogens (tertiary/aromatic N) is 2. The molecule has 2 amide bonds. The molecule has 2 N–H and O–H groups in total. The molecule has 1 aliphatic carbocycles. The normalized spacial score (nSPS) is 20.9. The number of hydrogen-bond acceptors (Lipinski definition) is 6. The highest BCUT2D eigenvalue weighted by Crippen LogP contribution is 2.31. The van der Waals surface area contributed by atoms with Gasteiger partial charge in [0.2, 0.25) is 11.8 Å². The first-order valence-corrected chi connectivity index (χ1v) is 15.4. The zero-order valence-corrected chi connectivity index (χ0v) is 23.9. The highest BCUT2D eigenvalue weighted by Gasteiger charge is 2.28. The number of ether oxygens (including phenoxy) is 1. The zero-order valence-electron chi connectivity index (χ0n) is 23.1. The van der Waals surface area contributed by atoms with Crippen LogP contribution in [0, 0.1) is 11.8 Å². The average Bonchev–Trinajstić information content (AvgIpc) is 3.51. The van der Waals surface area contributed by atoms with Crippen LogP contribution in [0.5, 0.6) is 0 Å². The number of carbonyl (C=O) groups excluding carboxylic acids is 2. The molecular weight excluding hydrogens is 524 g/mol. The summed E-state index contributed by atoms with van der Waals surface area (Å²) in [5.74, 6) is 0.404. The molecule has 2 aliphatic rings. The van der Waals surface area contributed by atoms with Crippen LogP contribution in [0.15, 0.2) is 58.5 Å². The van der Waals surface area contributed by atoms with Crippen molar-refractivity contribution >= 4 is 40.2 Å². The number of nitrogens with one attached hydrogen (secondary N) is 2. The topological polar surface area (TPSA) is 102 Å². The lowest BCUT2D eigenvalue weighted by molar-refractivity contribution is -0.126. The molecule has 0 spiro atoms. The number of anilines is 1. The molecule has 2 aromatic carbocycles. The highest BCUT2D eigenvalue weighted by atomic mass is 32.2. The van der Waals surface area contributed by atoms with Crippen molar-refractivity contribution in [1.29, 1.82) is 0 Å². The Bertz CT molecular complexity index is 1380. The summed E-state index contributed by atoms with van der Waals surface area (Å²) in [7, 11) is 0. The summed E-state index contributed by atoms with van der Waals surface area (Å²) < 4.78 is 7.35. The molecule has 1 atom stereocenters. The molecule has 0 bridgehead atoms. The van der Waals surface area contributed by atoms with Gasteiger partial charge in [-0.15, -0.1) is 0 Å². The number of para-hydroxylation sites is 1. The second kappa shape index (κ2) is 13.5. The monoisotopic (exact) mass is 562 g/mol. The molecule has 2 fully saturated rings. The Labute approximate surface area is 239 Å². The summed E-state index contributed by atoms with van der Waals surface area (Å²) in [4.78, 5) is 43.8. The van der Waals surface area contributed by atoms with Crippen molar-refractivity contribution in [3.63, 3.8) is 0 Å². The number of amides is 2. The third kappa shape index (κ3) is 7.12. The molecule has 40 heavy (non-hydrogen) atoms. The van der Waals surface area contributed by atoms with Crippen LogP contribution >= 0.6 is 11.8 Å². The van der Waals surface area contributed by atoms with E-state index >= 15 is 0 Å². The van der Waals surface area contributed by atoms with Crippen molar-refractivity contribution in [2.75, 3.05) is 24.2 Å². The molecule has 9 heteroatoms. The van der Waals surface area contributed by atoms with Gasteiger partial charge in [-0.2, -0.15) is 0 Å². The molecule has 1 aromatic heterocycles. The molecule has 1 saturated heterocycles. The molecule has 2 heterocycles. The third-order valence-electron chi connectivity index (χ3n) is 7.99. The number of carbonyl (C=O) groups is 2. The summed E-state index contributed by atoms with van der Waals surface area (Å²) >= 11 is 1.29. The van der Waals surface area contributed by atoms with E-state index in [9.17, 15) is 14.4 Å². The van der Waals surface area contributed by atoms with Crippen molar-refractivity contribution in [3.05, 3.63) is 64.4 Å². The van der Waals surface area contributed by atoms with Crippen LogP contribution in [0.1, 0.15) is 51.0 Å². The summed E-state index contributed by atoms with van der Waals surface area (Å²) in [5, 5.41) is 7.15. The SMILES string of the molecule is CCc1ccc(NC(=O)CSc2nc3ccccc3c(=O)n2CC2CCC(C(=O)NC[C@@H]3CCCO3)CC2)cc1. The minimum atomic E-state index is -0.141. The van der Waals surface area contributed by atoms with E-state index in [0.717, 1.165) is 57.2 Å². The van der Waals surface area contributed by atoms with Crippen LogP contribution < -0.4 is 16.2 Å². The molecular formula is C31H38N4O4S. The van der Waals surface area contributed by atoms with Gasteiger partial charge in [0.15, 0.2) is 5.16 Å². The van der Waals surface area contributed by atoms with E-state index in [1.807, 2.05) is 42.5 Å². The summed E-state index contributed by atoms with van der Waals surface area (Å²) in [5.41, 5.74) is 2.52. The van der Waals surface area contributed by atoms with Crippen LogP contribution in [0.25, 0.3) is 10.9 Å². The Balaban J connectivity index is 1.22. The fourth-order valence-corrected chi connectivity index (χ4v) is 6.41. The quantitative estimate of drug-likeness (QED) is 0.272. The zero-order chi connectivity index (χ0) is 27.9. The maximum atomic E-state index is 13.5. The smallest absolute Gasteiger partial charge is 0.262 e. The minimum absolute atomic E-state index is 0.00744. The fourth-order valence-electron chi connectivity index (χ4n) is 5.60. The average molecular weight is 563 g/mol. The van der Waals surface area contributed by atoms with E-state index in [1.165, 1.54) is 17.3 Å². The van der Waals surface area contributed by atoms with Crippen LogP contribution in [0.2, 0.25) is 0 Å². The van der Waals surface area contributed by atoms with E-state index in [1.54, 1.807) is 10.6 Å². The number of aryl methyl sites for hydroxylation is 1. The predicted molar refractivity (Wildman–Crippen MR) is 159 cm³/mol. The van der Waals surface area contributed by atoms with Crippen LogP contribution in [-0.2, 0) is 27.3 Å². The lowest BCUT2D eigenvalue weighted by Crippen LogP contribution is -2.38. The first-order valence-electron chi connectivity index (χ1n) is 14.4. The Kier molecular flexibility index (Phi) is 9.54. The number of fused-ring (bicyclic) bond motifs is 1. The van der Waals surface area contributed by atoms with Gasteiger partial charge in [0, 0.05) is 31.3 Å². The Morgan fingerprint density at radius 3 is 2.55 bits per heavy atom. The number of aromatic nitrogens is 2. The predicted octanol–water partition coefficient (Wildman–Crippen LogP) is 4.79. The van der Waals surface area contributed by atoms with Gasteiger partial charge in [0.1, 0.15) is 0 Å². The van der Waals surface area contributed by atoms with E-state index in [4.69, 9.17) is 9.72 Å². The third-order valence-corrected chi connectivity index (χ3v) is 8.97. The van der Waals surface area contributed by atoms with Crippen molar-refractivity contribution in [1.82, 2.24) is 14.9 Å². The van der Waals surface area contributed by atoms with Gasteiger partial charge in [-0.05, 0) is 80.7 Å². The highest BCUT2D eigenvalue weighted by molar-refractivity contribution is 7.99. The first kappa shape index (κ1) is 28.4. The second-order valence-electron chi connectivity index (χ2n) is 10.8. The lowest BCUT2D eigenvalue weighted by atomic mass is 9.81. The van der Waals surface area contributed by atoms with Crippen molar-refractivity contribution < 1.29 is 14.3 Å². The molecule has 0 radical (unpaired) electrons. The van der Waals surface area contributed by atoms with Gasteiger partial charge >= 0.3 is 0 Å². The lowest BCUT2D eigenvalue weighted by Gasteiger charge is -2.29. The number of hydrogen-bond donors (Lipinski definition) is 2. The number of thioether (sulfide) groups is 1. The van der Waals surface area contributed by atoms with E-state index in [0.29, 0.717) is 29.1 Å². The van der Waals surface area contributed by atoms with Gasteiger partial charge in [0.25, 0.3) is 5.56 Å². The van der Waals surface area contributed by atoms with E-state index < -0.39 is 0 Å². The van der Waals surface area contributed by atoms with Gasteiger partial charge < -0.3 is 15.4 Å². The molecule has 3 aromatic rings. The molecule has 5 rings (SSSR count). The molecule has 212 valence electrons. The fraction of sp³-hybridized carbons (Fsp3) is 0.484. The Morgan fingerprint density at radius 2 is 1.82 bits per heavy atom. The number of benzene rings is 2. The van der Waals surface area contributed by atoms with Crippen molar-refractivity contribution in [2.45, 2.75) is 69.7 Å². The van der Waals surface area contributed by atoms with Crippen molar-refractivity contribution in [2.24, 2.45) is 11.8 Å². The second-order valence-corrected chi connectivity index (χ2v) is 11.8. The standard InChI is InChI=1S/C31H38N4O4S/c1-2-21-11-15-24(16-12-21)33-28(36)20-40-31-34-27-8-4-3-7-26(27)30(38)35(31)19-22-9-13-23(14-10-22)29(37)32-18-25-6-5-17-39-25/h3-4,7-8,11-12,15-16,22-23,25H,2,5-6,9-10,13-14,17-20H2,1H3,(H,32,37)(H,33,36)/t22?,23?,25-/m0/s1. The van der Waals surface area contributed by atoms with Crippen LogP contribution in [0.3, 0.4) is 0 Å². The summed E-state index contributed by atoms with van der Waals surface area (Å²) in [6, 6.07) is 15.2. The molecule has 1 saturated carbocycles. The molecule has 1 aliphatic heterocycles. The maximum absolute atomic E-state index is 13.5. The number of rotatable bonds is 10. The molecule has 8 nitrogen and oxygen atoms in total. The molecule has 0 unspecified atom stereocenters. The van der Waals surface area contributed by atoms with Crippen molar-refractivity contribution in [3.8, 4) is 0 Å².